The zero-order chi connectivity index (χ0) is 22.1. The molecule has 2 aliphatic rings. The smallest absolute Gasteiger partial charge is 0.341 e. The summed E-state index contributed by atoms with van der Waals surface area (Å²) in [4.78, 5) is 31.6. The SMILES string of the molecule is CC(C)CC(=O)N1C[C@H](C(=O)N2CCN(C)CC2)[C@@H](c2cccc(C(F)(F)F)c2)C1. The fourth-order valence-corrected chi connectivity index (χ4v) is 4.28. The van der Waals surface area contributed by atoms with Crippen molar-refractivity contribution in [3.63, 3.8) is 0 Å². The van der Waals surface area contributed by atoms with E-state index in [1.807, 2.05) is 20.9 Å². The van der Waals surface area contributed by atoms with Crippen LogP contribution < -0.4 is 0 Å². The quantitative estimate of drug-likeness (QED) is 0.745. The van der Waals surface area contributed by atoms with Gasteiger partial charge in [-0.1, -0.05) is 32.0 Å². The molecule has 2 aliphatic heterocycles. The third kappa shape index (κ3) is 5.14. The summed E-state index contributed by atoms with van der Waals surface area (Å²) < 4.78 is 39.7. The number of amides is 2. The number of nitrogens with zero attached hydrogens (tertiary/aromatic N) is 3. The fourth-order valence-electron chi connectivity index (χ4n) is 4.28. The Labute approximate surface area is 175 Å². The van der Waals surface area contributed by atoms with Crippen molar-refractivity contribution in [2.45, 2.75) is 32.4 Å². The maximum absolute atomic E-state index is 13.3. The minimum Gasteiger partial charge on any atom is -0.341 e. The van der Waals surface area contributed by atoms with E-state index in [9.17, 15) is 22.8 Å². The normalized spacial score (nSPS) is 23.3. The summed E-state index contributed by atoms with van der Waals surface area (Å²) in [6.45, 7) is 7.17. The number of benzene rings is 1. The minimum absolute atomic E-state index is 0.0457. The average molecular weight is 425 g/mol. The molecule has 0 radical (unpaired) electrons. The van der Waals surface area contributed by atoms with Crippen LogP contribution in [0.5, 0.6) is 0 Å². The largest absolute Gasteiger partial charge is 0.416 e. The molecule has 166 valence electrons. The molecule has 0 spiro atoms. The van der Waals surface area contributed by atoms with Crippen LogP contribution in [0.1, 0.15) is 37.3 Å². The van der Waals surface area contributed by atoms with Crippen LogP contribution in [0.15, 0.2) is 24.3 Å². The highest BCUT2D eigenvalue weighted by Gasteiger charge is 2.43. The first-order valence-electron chi connectivity index (χ1n) is 10.5. The van der Waals surface area contributed by atoms with Gasteiger partial charge in [0.25, 0.3) is 0 Å². The van der Waals surface area contributed by atoms with Crippen molar-refractivity contribution in [2.24, 2.45) is 11.8 Å². The van der Waals surface area contributed by atoms with Gasteiger partial charge in [0.1, 0.15) is 0 Å². The standard InChI is InChI=1S/C22H30F3N3O2/c1-15(2)11-20(29)28-13-18(16-5-4-6-17(12-16)22(23,24)25)19(14-28)21(30)27-9-7-26(3)8-10-27/h4-6,12,15,18-19H,7-11,13-14H2,1-3H3/t18-,19+/m1/s1. The van der Waals surface area contributed by atoms with Crippen LogP contribution in [0.4, 0.5) is 13.2 Å². The Morgan fingerprint density at radius 3 is 2.33 bits per heavy atom. The topological polar surface area (TPSA) is 43.9 Å². The average Bonchev–Trinajstić information content (AvgIpc) is 3.12. The molecule has 1 aromatic carbocycles. The lowest BCUT2D eigenvalue weighted by atomic mass is 9.87. The summed E-state index contributed by atoms with van der Waals surface area (Å²) in [7, 11) is 2.00. The lowest BCUT2D eigenvalue weighted by Gasteiger charge is -2.35. The molecule has 0 N–H and O–H groups in total. The molecule has 0 aliphatic carbocycles. The molecule has 0 bridgehead atoms. The Balaban J connectivity index is 1.87. The number of hydrogen-bond donors (Lipinski definition) is 0. The fraction of sp³-hybridized carbons (Fsp3) is 0.636. The van der Waals surface area contributed by atoms with Crippen molar-refractivity contribution in [2.75, 3.05) is 46.3 Å². The second-order valence-corrected chi connectivity index (χ2v) is 8.86. The van der Waals surface area contributed by atoms with Gasteiger partial charge >= 0.3 is 6.18 Å². The number of carbonyl (C=O) groups excluding carboxylic acids is 2. The van der Waals surface area contributed by atoms with Gasteiger partial charge < -0.3 is 14.7 Å². The van der Waals surface area contributed by atoms with Crippen LogP contribution in [-0.4, -0.2) is 72.8 Å². The Morgan fingerprint density at radius 2 is 1.73 bits per heavy atom. The number of piperazine rings is 1. The molecular formula is C22H30F3N3O2. The van der Waals surface area contributed by atoms with Crippen molar-refractivity contribution in [3.05, 3.63) is 35.4 Å². The van der Waals surface area contributed by atoms with Crippen LogP contribution >= 0.6 is 0 Å². The van der Waals surface area contributed by atoms with E-state index < -0.39 is 23.6 Å². The number of hydrogen-bond acceptors (Lipinski definition) is 3. The van der Waals surface area contributed by atoms with Gasteiger partial charge in [-0.2, -0.15) is 13.2 Å². The summed E-state index contributed by atoms with van der Waals surface area (Å²) in [5.74, 6) is -0.888. The van der Waals surface area contributed by atoms with Gasteiger partial charge in [-0.15, -0.1) is 0 Å². The summed E-state index contributed by atoms with van der Waals surface area (Å²) in [5, 5.41) is 0. The molecule has 2 saturated heterocycles. The predicted octanol–water partition coefficient (Wildman–Crippen LogP) is 3.07. The number of carbonyl (C=O) groups is 2. The van der Waals surface area contributed by atoms with Crippen molar-refractivity contribution < 1.29 is 22.8 Å². The van der Waals surface area contributed by atoms with Crippen LogP contribution in [0, 0.1) is 11.8 Å². The van der Waals surface area contributed by atoms with Crippen molar-refractivity contribution in [1.82, 2.24) is 14.7 Å². The predicted molar refractivity (Wildman–Crippen MR) is 108 cm³/mol. The van der Waals surface area contributed by atoms with E-state index in [4.69, 9.17) is 0 Å². The number of alkyl halides is 3. The van der Waals surface area contributed by atoms with Gasteiger partial charge in [0.15, 0.2) is 0 Å². The first kappa shape index (κ1) is 22.6. The Hall–Kier alpha value is -2.09. The van der Waals surface area contributed by atoms with E-state index in [1.54, 1.807) is 15.9 Å². The lowest BCUT2D eigenvalue weighted by molar-refractivity contribution is -0.138. The van der Waals surface area contributed by atoms with Crippen molar-refractivity contribution in [1.29, 1.82) is 0 Å². The molecule has 2 amide bonds. The van der Waals surface area contributed by atoms with E-state index >= 15 is 0 Å². The molecule has 0 saturated carbocycles. The number of rotatable bonds is 4. The van der Waals surface area contributed by atoms with Gasteiger partial charge in [-0.25, -0.2) is 0 Å². The lowest BCUT2D eigenvalue weighted by Crippen LogP contribution is -2.50. The Morgan fingerprint density at radius 1 is 1.07 bits per heavy atom. The van der Waals surface area contributed by atoms with Gasteiger partial charge in [0, 0.05) is 51.6 Å². The summed E-state index contributed by atoms with van der Waals surface area (Å²) in [5.41, 5.74) is -0.255. The maximum atomic E-state index is 13.3. The van der Waals surface area contributed by atoms with Crippen molar-refractivity contribution in [3.8, 4) is 0 Å². The summed E-state index contributed by atoms with van der Waals surface area (Å²) in [6, 6.07) is 5.19. The number of likely N-dealkylation sites (N-methyl/N-ethyl adjacent to an activating group) is 1. The molecule has 1 aromatic rings. The zero-order valence-electron chi connectivity index (χ0n) is 17.8. The number of halogens is 3. The van der Waals surface area contributed by atoms with E-state index in [2.05, 4.69) is 4.90 Å². The minimum atomic E-state index is -4.45. The third-order valence-corrected chi connectivity index (χ3v) is 6.03. The summed E-state index contributed by atoms with van der Waals surface area (Å²) in [6.07, 6.45) is -4.08. The Kier molecular flexibility index (Phi) is 6.75. The van der Waals surface area contributed by atoms with Gasteiger partial charge in [0.2, 0.25) is 11.8 Å². The van der Waals surface area contributed by atoms with E-state index in [-0.39, 0.29) is 30.8 Å². The second kappa shape index (κ2) is 8.96. The highest BCUT2D eigenvalue weighted by atomic mass is 19.4. The van der Waals surface area contributed by atoms with E-state index in [0.717, 1.165) is 25.2 Å². The van der Waals surface area contributed by atoms with Crippen LogP contribution in [0.2, 0.25) is 0 Å². The number of likely N-dealkylation sites (tertiary alicyclic amines) is 1. The van der Waals surface area contributed by atoms with Crippen LogP contribution in [0.25, 0.3) is 0 Å². The molecule has 2 fully saturated rings. The first-order chi connectivity index (χ1) is 14.1. The second-order valence-electron chi connectivity index (χ2n) is 8.86. The monoisotopic (exact) mass is 425 g/mol. The van der Waals surface area contributed by atoms with Gasteiger partial charge in [-0.05, 0) is 24.6 Å². The maximum Gasteiger partial charge on any atom is 0.416 e. The molecule has 8 heteroatoms. The van der Waals surface area contributed by atoms with Crippen LogP contribution in [0.3, 0.4) is 0 Å². The molecule has 2 atom stereocenters. The molecule has 3 rings (SSSR count). The van der Waals surface area contributed by atoms with Gasteiger partial charge in [0.05, 0.1) is 11.5 Å². The molecule has 0 aromatic heterocycles. The highest BCUT2D eigenvalue weighted by molar-refractivity contribution is 5.83. The highest BCUT2D eigenvalue weighted by Crippen LogP contribution is 2.37. The van der Waals surface area contributed by atoms with Gasteiger partial charge in [-0.3, -0.25) is 9.59 Å². The van der Waals surface area contributed by atoms with Crippen LogP contribution in [-0.2, 0) is 15.8 Å². The van der Waals surface area contributed by atoms with Crippen molar-refractivity contribution >= 4 is 11.8 Å². The Bertz CT molecular complexity index is 773. The van der Waals surface area contributed by atoms with E-state index in [0.29, 0.717) is 25.1 Å². The third-order valence-electron chi connectivity index (χ3n) is 6.03. The molecular weight excluding hydrogens is 395 g/mol. The molecule has 0 unspecified atom stereocenters. The first-order valence-corrected chi connectivity index (χ1v) is 10.5. The summed E-state index contributed by atoms with van der Waals surface area (Å²) >= 11 is 0. The van der Waals surface area contributed by atoms with E-state index in [1.165, 1.54) is 6.07 Å². The molecule has 2 heterocycles. The molecule has 5 nitrogen and oxygen atoms in total. The zero-order valence-corrected chi connectivity index (χ0v) is 17.8. The molecule has 30 heavy (non-hydrogen) atoms.